The first-order chi connectivity index (χ1) is 14.5. The number of esters is 1. The Morgan fingerprint density at radius 2 is 1.50 bits per heavy atom. The zero-order valence-corrected chi connectivity index (χ0v) is 17.8. The van der Waals surface area contributed by atoms with E-state index in [1.165, 1.54) is 21.3 Å². The molecule has 0 saturated heterocycles. The number of hydrogen-bond acceptors (Lipinski definition) is 7. The molecule has 0 radical (unpaired) electrons. The van der Waals surface area contributed by atoms with E-state index in [1.807, 2.05) is 24.3 Å². The summed E-state index contributed by atoms with van der Waals surface area (Å²) in [5.74, 6) is -0.0133. The molecule has 30 heavy (non-hydrogen) atoms. The predicted molar refractivity (Wildman–Crippen MR) is 111 cm³/mol. The molecular weight excluding hydrogens is 388 g/mol. The topological polar surface area (TPSA) is 80.3 Å². The Morgan fingerprint density at radius 3 is 2.03 bits per heavy atom. The molecule has 7 heteroatoms. The Bertz CT molecular complexity index is 821. The van der Waals surface area contributed by atoms with Gasteiger partial charge < -0.3 is 28.5 Å². The third-order valence-corrected chi connectivity index (χ3v) is 4.41. The van der Waals surface area contributed by atoms with Crippen molar-refractivity contribution in [3.63, 3.8) is 0 Å². The zero-order chi connectivity index (χ0) is 21.9. The predicted octanol–water partition coefficient (Wildman–Crippen LogP) is 3.48. The van der Waals surface area contributed by atoms with E-state index in [1.54, 1.807) is 25.1 Å². The molecule has 1 unspecified atom stereocenters. The molecule has 162 valence electrons. The first-order valence-corrected chi connectivity index (χ1v) is 9.53. The van der Waals surface area contributed by atoms with Gasteiger partial charge in [0.25, 0.3) is 0 Å². The monoisotopic (exact) mass is 416 g/mol. The van der Waals surface area contributed by atoms with Gasteiger partial charge in [0.1, 0.15) is 23.2 Å². The van der Waals surface area contributed by atoms with Gasteiger partial charge in [-0.1, -0.05) is 24.3 Å². The Labute approximate surface area is 176 Å². The van der Waals surface area contributed by atoms with Gasteiger partial charge in [0.15, 0.2) is 13.6 Å². The minimum atomic E-state index is -0.691. The molecule has 0 spiro atoms. The smallest absolute Gasteiger partial charge is 0.317 e. The first kappa shape index (κ1) is 23.4. The second kappa shape index (κ2) is 11.9. The number of aryl methyl sites for hydroxylation is 1. The summed E-state index contributed by atoms with van der Waals surface area (Å²) >= 11 is 0. The number of Topliss-reactive ketones (excluding diaryl/α,β-unsaturated/α-hetero) is 1. The van der Waals surface area contributed by atoms with E-state index in [2.05, 4.69) is 0 Å². The summed E-state index contributed by atoms with van der Waals surface area (Å²) in [7, 11) is 4.40. The van der Waals surface area contributed by atoms with E-state index < -0.39 is 11.9 Å². The molecule has 2 aromatic rings. The number of carbonyl (C=O) groups excluding carboxylic acids is 2. The summed E-state index contributed by atoms with van der Waals surface area (Å²) in [6.07, 6.45) is 1.05. The number of methoxy groups -OCH3 is 3. The Kier molecular flexibility index (Phi) is 9.31. The van der Waals surface area contributed by atoms with Crippen molar-refractivity contribution in [2.75, 3.05) is 34.9 Å². The lowest BCUT2D eigenvalue weighted by molar-refractivity contribution is -0.141. The highest BCUT2D eigenvalue weighted by Crippen LogP contribution is 2.33. The molecule has 0 aliphatic carbocycles. The largest absolute Gasteiger partial charge is 0.468 e. The molecule has 0 aliphatic rings. The highest BCUT2D eigenvalue weighted by Gasteiger charge is 2.25. The van der Waals surface area contributed by atoms with Crippen molar-refractivity contribution in [1.82, 2.24) is 0 Å². The van der Waals surface area contributed by atoms with Crippen molar-refractivity contribution in [1.29, 1.82) is 0 Å². The third kappa shape index (κ3) is 6.86. The molecule has 0 saturated carbocycles. The minimum absolute atomic E-state index is 0.0522. The Balaban J connectivity index is 2.46. The van der Waals surface area contributed by atoms with Crippen LogP contribution in [-0.2, 0) is 30.2 Å². The maximum absolute atomic E-state index is 12.7. The zero-order valence-electron chi connectivity index (χ0n) is 17.8. The van der Waals surface area contributed by atoms with Crippen LogP contribution in [0.25, 0.3) is 0 Å². The van der Waals surface area contributed by atoms with Crippen LogP contribution in [0.15, 0.2) is 42.5 Å². The molecule has 0 N–H and O–H groups in total. The molecule has 0 bridgehead atoms. The number of rotatable bonds is 12. The first-order valence-electron chi connectivity index (χ1n) is 9.53. The summed E-state index contributed by atoms with van der Waals surface area (Å²) in [5.41, 5.74) is 2.37. The van der Waals surface area contributed by atoms with Gasteiger partial charge in [-0.25, -0.2) is 0 Å². The van der Waals surface area contributed by atoms with Crippen molar-refractivity contribution in [3.8, 4) is 11.5 Å². The average molecular weight is 416 g/mol. The lowest BCUT2D eigenvalue weighted by Gasteiger charge is -2.19. The van der Waals surface area contributed by atoms with Crippen molar-refractivity contribution >= 4 is 11.8 Å². The number of ketones is 1. The van der Waals surface area contributed by atoms with Gasteiger partial charge in [-0.05, 0) is 42.2 Å². The van der Waals surface area contributed by atoms with Gasteiger partial charge in [0.05, 0.1) is 7.11 Å². The van der Waals surface area contributed by atoms with Crippen molar-refractivity contribution in [2.24, 2.45) is 0 Å². The molecule has 7 nitrogen and oxygen atoms in total. The van der Waals surface area contributed by atoms with Crippen LogP contribution in [0.2, 0.25) is 0 Å². The third-order valence-electron chi connectivity index (χ3n) is 4.41. The molecule has 2 aromatic carbocycles. The minimum Gasteiger partial charge on any atom is -0.468 e. The highest BCUT2D eigenvalue weighted by molar-refractivity contribution is 5.82. The number of ether oxygens (including phenoxy) is 5. The second-order valence-electron chi connectivity index (χ2n) is 6.74. The Morgan fingerprint density at radius 1 is 0.867 bits per heavy atom. The lowest BCUT2D eigenvalue weighted by Crippen LogP contribution is -2.16. The van der Waals surface area contributed by atoms with Gasteiger partial charge in [-0.2, -0.15) is 0 Å². The van der Waals surface area contributed by atoms with E-state index in [0.717, 1.165) is 11.1 Å². The van der Waals surface area contributed by atoms with Crippen molar-refractivity contribution in [3.05, 3.63) is 59.2 Å². The summed E-state index contributed by atoms with van der Waals surface area (Å²) < 4.78 is 26.2. The maximum Gasteiger partial charge on any atom is 0.317 e. The molecule has 0 aliphatic heterocycles. The van der Waals surface area contributed by atoms with Crippen LogP contribution in [0.3, 0.4) is 0 Å². The average Bonchev–Trinajstić information content (AvgIpc) is 2.75. The lowest BCUT2D eigenvalue weighted by atomic mass is 9.89. The van der Waals surface area contributed by atoms with Crippen LogP contribution in [0.1, 0.15) is 36.0 Å². The van der Waals surface area contributed by atoms with Crippen LogP contribution in [0, 0.1) is 0 Å². The normalized spacial score (nSPS) is 11.6. The highest BCUT2D eigenvalue weighted by atomic mass is 16.7. The molecule has 1 atom stereocenters. The van der Waals surface area contributed by atoms with Gasteiger partial charge in [-0.3, -0.25) is 4.79 Å². The number of benzene rings is 2. The molecule has 2 rings (SSSR count). The fourth-order valence-corrected chi connectivity index (χ4v) is 3.01. The van der Waals surface area contributed by atoms with Crippen LogP contribution in [0.5, 0.6) is 11.5 Å². The van der Waals surface area contributed by atoms with Crippen LogP contribution in [-0.4, -0.2) is 46.7 Å². The van der Waals surface area contributed by atoms with Gasteiger partial charge in [0, 0.05) is 26.7 Å². The molecule has 0 fully saturated rings. The number of carbonyl (C=O) groups is 2. The van der Waals surface area contributed by atoms with Crippen LogP contribution >= 0.6 is 0 Å². The van der Waals surface area contributed by atoms with E-state index >= 15 is 0 Å². The van der Waals surface area contributed by atoms with E-state index in [4.69, 9.17) is 23.7 Å². The molecular formula is C23H28O7. The van der Waals surface area contributed by atoms with Crippen LogP contribution < -0.4 is 9.47 Å². The standard InChI is InChI=1S/C23H28O7/c1-16(24)8-9-17-6-5-7-18(10-17)22(23(25)28-4)19-11-20(29-14-26-2)13-21(12-19)30-15-27-3/h5-7,10-13,22H,8-9,14-15H2,1-4H3. The van der Waals surface area contributed by atoms with Gasteiger partial charge >= 0.3 is 5.97 Å². The Hall–Kier alpha value is -2.90. The van der Waals surface area contributed by atoms with E-state index in [9.17, 15) is 9.59 Å². The van der Waals surface area contributed by atoms with Gasteiger partial charge in [-0.15, -0.1) is 0 Å². The molecule has 0 heterocycles. The summed E-state index contributed by atoms with van der Waals surface area (Å²) in [4.78, 5) is 24.1. The van der Waals surface area contributed by atoms with Crippen molar-refractivity contribution in [2.45, 2.75) is 25.7 Å². The summed E-state index contributed by atoms with van der Waals surface area (Å²) in [6, 6.07) is 12.8. The van der Waals surface area contributed by atoms with Gasteiger partial charge in [0.2, 0.25) is 0 Å². The summed E-state index contributed by atoms with van der Waals surface area (Å²) in [5, 5.41) is 0. The fourth-order valence-electron chi connectivity index (χ4n) is 3.01. The molecule has 0 aromatic heterocycles. The summed E-state index contributed by atoms with van der Waals surface area (Å²) in [6.45, 7) is 1.67. The quantitative estimate of drug-likeness (QED) is 0.387. The fraction of sp³-hybridized carbons (Fsp3) is 0.391. The van der Waals surface area contributed by atoms with Crippen molar-refractivity contribution < 1.29 is 33.3 Å². The maximum atomic E-state index is 12.7. The molecule has 0 amide bonds. The second-order valence-corrected chi connectivity index (χ2v) is 6.74. The van der Waals surface area contributed by atoms with E-state index in [-0.39, 0.29) is 19.4 Å². The van der Waals surface area contributed by atoms with Crippen LogP contribution in [0.4, 0.5) is 0 Å². The SMILES string of the molecule is COCOc1cc(OCOC)cc(C(C(=O)OC)c2cccc(CCC(C)=O)c2)c1. The van der Waals surface area contributed by atoms with E-state index in [0.29, 0.717) is 29.9 Å². The number of hydrogen-bond donors (Lipinski definition) is 0.